The highest BCUT2D eigenvalue weighted by atomic mass is 16.1. The largest absolute Gasteiger partial charge is 0.359 e. The minimum Gasteiger partial charge on any atom is -0.359 e. The van der Waals surface area contributed by atoms with Gasteiger partial charge in [-0.1, -0.05) is 30.3 Å². The topological polar surface area (TPSA) is 49.4 Å². The molecular weight excluding hydrogens is 240 g/mol. The van der Waals surface area contributed by atoms with E-state index in [1.165, 1.54) is 0 Å². The Morgan fingerprint density at radius 3 is 2.42 bits per heavy atom. The molecule has 0 saturated carbocycles. The molecule has 1 heterocycles. The first-order valence-electron chi connectivity index (χ1n) is 6.73. The zero-order valence-electron chi connectivity index (χ0n) is 11.3. The molecule has 2 rings (SSSR count). The van der Waals surface area contributed by atoms with Gasteiger partial charge in [0.15, 0.2) is 5.78 Å². The molecule has 19 heavy (non-hydrogen) atoms. The Labute approximate surface area is 113 Å². The fraction of sp³-hybridized carbons (Fsp3) is 0.467. The molecule has 1 fully saturated rings. The van der Waals surface area contributed by atoms with E-state index in [-0.39, 0.29) is 17.6 Å². The zero-order valence-corrected chi connectivity index (χ0v) is 11.3. The molecule has 1 aliphatic rings. The van der Waals surface area contributed by atoms with E-state index in [0.717, 1.165) is 31.5 Å². The molecule has 1 amide bonds. The van der Waals surface area contributed by atoms with Crippen LogP contribution in [0.5, 0.6) is 0 Å². The lowest BCUT2D eigenvalue weighted by atomic mass is 9.95. The van der Waals surface area contributed by atoms with E-state index in [1.54, 1.807) is 7.05 Å². The lowest BCUT2D eigenvalue weighted by molar-refractivity contribution is -0.125. The number of Topliss-reactive ketones (excluding diaryl/α,β-unsaturated/α-hetero) is 1. The quantitative estimate of drug-likeness (QED) is 0.831. The van der Waals surface area contributed by atoms with E-state index < -0.39 is 0 Å². The summed E-state index contributed by atoms with van der Waals surface area (Å²) in [5.74, 6) is 0.376. The molecule has 0 aliphatic carbocycles. The first-order chi connectivity index (χ1) is 9.20. The Bertz CT molecular complexity index is 437. The first-order valence-corrected chi connectivity index (χ1v) is 6.73. The van der Waals surface area contributed by atoms with Crippen LogP contribution >= 0.6 is 0 Å². The van der Waals surface area contributed by atoms with Gasteiger partial charge in [-0.05, 0) is 25.9 Å². The molecule has 0 unspecified atom stereocenters. The summed E-state index contributed by atoms with van der Waals surface area (Å²) in [4.78, 5) is 25.7. The second-order valence-corrected chi connectivity index (χ2v) is 4.95. The fourth-order valence-electron chi connectivity index (χ4n) is 2.48. The molecule has 0 bridgehead atoms. The van der Waals surface area contributed by atoms with Gasteiger partial charge < -0.3 is 5.32 Å². The van der Waals surface area contributed by atoms with Gasteiger partial charge in [-0.25, -0.2) is 0 Å². The minimum atomic E-state index is 0.105. The summed E-state index contributed by atoms with van der Waals surface area (Å²) in [7, 11) is 1.67. The third-order valence-electron chi connectivity index (χ3n) is 3.67. The Hall–Kier alpha value is -1.68. The number of amides is 1. The van der Waals surface area contributed by atoms with Crippen molar-refractivity contribution < 1.29 is 9.59 Å². The molecule has 0 aromatic heterocycles. The normalized spacial score (nSPS) is 17.1. The number of nitrogens with one attached hydrogen (secondary N) is 1. The molecule has 1 N–H and O–H groups in total. The average Bonchev–Trinajstić information content (AvgIpc) is 2.48. The van der Waals surface area contributed by atoms with Crippen LogP contribution in [0.4, 0.5) is 0 Å². The number of piperidine rings is 1. The lowest BCUT2D eigenvalue weighted by Crippen LogP contribution is -2.41. The monoisotopic (exact) mass is 260 g/mol. The Morgan fingerprint density at radius 2 is 1.84 bits per heavy atom. The summed E-state index contributed by atoms with van der Waals surface area (Å²) in [5, 5.41) is 2.69. The highest BCUT2D eigenvalue weighted by Crippen LogP contribution is 2.17. The van der Waals surface area contributed by atoms with E-state index >= 15 is 0 Å². The molecule has 4 nitrogen and oxygen atoms in total. The predicted molar refractivity (Wildman–Crippen MR) is 74.0 cm³/mol. The van der Waals surface area contributed by atoms with Gasteiger partial charge in [0.25, 0.3) is 0 Å². The van der Waals surface area contributed by atoms with E-state index in [1.807, 2.05) is 30.3 Å². The molecule has 4 heteroatoms. The molecule has 0 spiro atoms. The summed E-state index contributed by atoms with van der Waals surface area (Å²) in [5.41, 5.74) is 0.760. The van der Waals surface area contributed by atoms with Crippen LogP contribution in [0.1, 0.15) is 23.2 Å². The van der Waals surface area contributed by atoms with Gasteiger partial charge in [0.05, 0.1) is 6.54 Å². The number of likely N-dealkylation sites (tertiary alicyclic amines) is 1. The Morgan fingerprint density at radius 1 is 1.21 bits per heavy atom. The Kier molecular flexibility index (Phi) is 4.68. The van der Waals surface area contributed by atoms with Crippen LogP contribution in [-0.2, 0) is 4.79 Å². The fourth-order valence-corrected chi connectivity index (χ4v) is 2.48. The van der Waals surface area contributed by atoms with Crippen molar-refractivity contribution in [3.8, 4) is 0 Å². The number of carbonyl (C=O) groups excluding carboxylic acids is 2. The molecule has 1 aromatic rings. The molecular formula is C15H20N2O2. The smallest absolute Gasteiger partial charge is 0.222 e. The van der Waals surface area contributed by atoms with E-state index in [9.17, 15) is 9.59 Å². The van der Waals surface area contributed by atoms with Crippen LogP contribution in [-0.4, -0.2) is 43.3 Å². The minimum absolute atomic E-state index is 0.105. The van der Waals surface area contributed by atoms with Crippen molar-refractivity contribution in [1.29, 1.82) is 0 Å². The number of benzene rings is 1. The van der Waals surface area contributed by atoms with Crippen molar-refractivity contribution in [2.24, 2.45) is 5.92 Å². The molecule has 1 saturated heterocycles. The van der Waals surface area contributed by atoms with Crippen molar-refractivity contribution >= 4 is 11.7 Å². The van der Waals surface area contributed by atoms with Crippen LogP contribution in [0.2, 0.25) is 0 Å². The van der Waals surface area contributed by atoms with Crippen molar-refractivity contribution in [3.05, 3.63) is 35.9 Å². The van der Waals surface area contributed by atoms with Crippen molar-refractivity contribution in [2.45, 2.75) is 12.8 Å². The summed E-state index contributed by atoms with van der Waals surface area (Å²) in [6.45, 7) is 2.08. The van der Waals surface area contributed by atoms with E-state index in [2.05, 4.69) is 10.2 Å². The Balaban J connectivity index is 1.83. The zero-order chi connectivity index (χ0) is 13.7. The maximum Gasteiger partial charge on any atom is 0.222 e. The SMILES string of the molecule is CNC(=O)C1CCN(CC(=O)c2ccccc2)CC1. The average molecular weight is 260 g/mol. The second kappa shape index (κ2) is 6.48. The molecule has 0 radical (unpaired) electrons. The summed E-state index contributed by atoms with van der Waals surface area (Å²) < 4.78 is 0. The van der Waals surface area contributed by atoms with Crippen LogP contribution in [0, 0.1) is 5.92 Å². The van der Waals surface area contributed by atoms with Gasteiger partial charge in [-0.15, -0.1) is 0 Å². The van der Waals surface area contributed by atoms with Crippen molar-refractivity contribution in [1.82, 2.24) is 10.2 Å². The van der Waals surface area contributed by atoms with Gasteiger partial charge in [0, 0.05) is 18.5 Å². The van der Waals surface area contributed by atoms with Crippen molar-refractivity contribution in [2.75, 3.05) is 26.7 Å². The van der Waals surface area contributed by atoms with Gasteiger partial charge in [-0.3, -0.25) is 14.5 Å². The second-order valence-electron chi connectivity index (χ2n) is 4.95. The summed E-state index contributed by atoms with van der Waals surface area (Å²) in [6.07, 6.45) is 1.67. The number of hydrogen-bond donors (Lipinski definition) is 1. The lowest BCUT2D eigenvalue weighted by Gasteiger charge is -2.30. The maximum atomic E-state index is 12.1. The van der Waals surface area contributed by atoms with E-state index in [0.29, 0.717) is 6.54 Å². The molecule has 1 aliphatic heterocycles. The molecule has 1 aromatic carbocycles. The van der Waals surface area contributed by atoms with Crippen LogP contribution in [0.25, 0.3) is 0 Å². The van der Waals surface area contributed by atoms with Crippen molar-refractivity contribution in [3.63, 3.8) is 0 Å². The highest BCUT2D eigenvalue weighted by Gasteiger charge is 2.25. The van der Waals surface area contributed by atoms with Gasteiger partial charge in [0.2, 0.25) is 5.91 Å². The number of carbonyl (C=O) groups is 2. The van der Waals surface area contributed by atoms with Crippen LogP contribution in [0.15, 0.2) is 30.3 Å². The van der Waals surface area contributed by atoms with Crippen LogP contribution in [0.3, 0.4) is 0 Å². The number of rotatable bonds is 4. The van der Waals surface area contributed by atoms with Gasteiger partial charge in [0.1, 0.15) is 0 Å². The molecule has 102 valence electrons. The summed E-state index contributed by atoms with van der Waals surface area (Å²) in [6, 6.07) is 9.36. The number of ketones is 1. The highest BCUT2D eigenvalue weighted by molar-refractivity contribution is 5.97. The van der Waals surface area contributed by atoms with Gasteiger partial charge >= 0.3 is 0 Å². The third-order valence-corrected chi connectivity index (χ3v) is 3.67. The van der Waals surface area contributed by atoms with E-state index in [4.69, 9.17) is 0 Å². The third kappa shape index (κ3) is 3.64. The maximum absolute atomic E-state index is 12.1. The molecule has 0 atom stereocenters. The standard InChI is InChI=1S/C15H20N2O2/c1-16-15(19)13-7-9-17(10-8-13)11-14(18)12-5-3-2-4-6-12/h2-6,13H,7-11H2,1H3,(H,16,19). The summed E-state index contributed by atoms with van der Waals surface area (Å²) >= 11 is 0. The number of hydrogen-bond acceptors (Lipinski definition) is 3. The first kappa shape index (κ1) is 13.7. The predicted octanol–water partition coefficient (Wildman–Crippen LogP) is 1.33. The van der Waals surface area contributed by atoms with Crippen LogP contribution < -0.4 is 5.32 Å². The number of nitrogens with zero attached hydrogens (tertiary/aromatic N) is 1. The van der Waals surface area contributed by atoms with Gasteiger partial charge in [-0.2, -0.15) is 0 Å².